The molecule has 0 heteroatoms. The lowest BCUT2D eigenvalue weighted by molar-refractivity contribution is 1.49. The first-order valence-electron chi connectivity index (χ1n) is 4.85. The van der Waals surface area contributed by atoms with Crippen molar-refractivity contribution in [2.75, 3.05) is 0 Å². The third kappa shape index (κ3) is 3.90. The lowest BCUT2D eigenvalue weighted by atomic mass is 10.2. The van der Waals surface area contributed by atoms with Gasteiger partial charge in [-0.2, -0.15) is 0 Å². The van der Waals surface area contributed by atoms with E-state index in [2.05, 4.69) is 61.5 Å². The highest BCUT2D eigenvalue weighted by Gasteiger charge is 1.77. The van der Waals surface area contributed by atoms with Gasteiger partial charge in [0.1, 0.15) is 0 Å². The van der Waals surface area contributed by atoms with Crippen LogP contribution < -0.4 is 0 Å². The number of hydrogen-bond donors (Lipinski definition) is 0. The monoisotopic (exact) mass is 184 g/mol. The Morgan fingerprint density at radius 1 is 0.857 bits per heavy atom. The molecular formula is C14H16. The molecule has 0 atom stereocenters. The molecule has 0 unspecified atom stereocenters. The van der Waals surface area contributed by atoms with E-state index in [0.29, 0.717) is 0 Å². The Morgan fingerprint density at radius 2 is 1.36 bits per heavy atom. The maximum atomic E-state index is 2.10. The van der Waals surface area contributed by atoms with Crippen LogP contribution in [0, 0.1) is 6.92 Å². The van der Waals surface area contributed by atoms with Crippen LogP contribution in [0.25, 0.3) is 6.08 Å². The van der Waals surface area contributed by atoms with Crippen molar-refractivity contribution in [2.45, 2.75) is 13.8 Å². The van der Waals surface area contributed by atoms with Crippen LogP contribution in [0.15, 0.2) is 54.6 Å². The molecule has 0 aromatic heterocycles. The predicted octanol–water partition coefficient (Wildman–Crippen LogP) is 4.15. The van der Waals surface area contributed by atoms with Gasteiger partial charge in [-0.15, -0.1) is 0 Å². The van der Waals surface area contributed by atoms with E-state index < -0.39 is 0 Å². The van der Waals surface area contributed by atoms with Gasteiger partial charge in [-0.25, -0.2) is 0 Å². The summed E-state index contributed by atoms with van der Waals surface area (Å²) in [5, 5.41) is 0. The molecule has 0 fully saturated rings. The molecule has 0 aliphatic carbocycles. The molecule has 1 rings (SSSR count). The van der Waals surface area contributed by atoms with Gasteiger partial charge in [0.2, 0.25) is 0 Å². The molecule has 0 heterocycles. The maximum Gasteiger partial charge on any atom is -0.0260 e. The summed E-state index contributed by atoms with van der Waals surface area (Å²) in [6.45, 7) is 4.12. The standard InChI is InChI=1S/C14H16/c1-3-8-14-11-6-4-9-13(2)10-5-7-12-14/h3-12H,1-2H3. The van der Waals surface area contributed by atoms with Gasteiger partial charge < -0.3 is 0 Å². The Hall–Kier alpha value is -1.56. The Bertz CT molecular complexity index is 333. The second-order valence-corrected chi connectivity index (χ2v) is 3.18. The normalized spacial score (nSPS) is 9.86. The summed E-state index contributed by atoms with van der Waals surface area (Å²) in [4.78, 5) is 0. The average Bonchev–Trinajstić information content (AvgIpc) is 2.19. The van der Waals surface area contributed by atoms with E-state index in [-0.39, 0.29) is 0 Å². The molecule has 0 spiro atoms. The van der Waals surface area contributed by atoms with Gasteiger partial charge >= 0.3 is 0 Å². The van der Waals surface area contributed by atoms with Crippen molar-refractivity contribution in [1.82, 2.24) is 0 Å². The molecule has 1 aromatic carbocycles. The minimum atomic E-state index is 1.21. The third-order valence-corrected chi connectivity index (χ3v) is 1.88. The number of hydrogen-bond acceptors (Lipinski definition) is 0. The zero-order valence-corrected chi connectivity index (χ0v) is 8.77. The molecule has 0 amide bonds. The Morgan fingerprint density at radius 3 is 1.86 bits per heavy atom. The SMILES string of the molecule is CC=Cc1ccccc(C)cccc1. The van der Waals surface area contributed by atoms with E-state index in [9.17, 15) is 0 Å². The summed E-state index contributed by atoms with van der Waals surface area (Å²) < 4.78 is 0. The molecule has 0 aliphatic rings. The summed E-state index contributed by atoms with van der Waals surface area (Å²) >= 11 is 0. The van der Waals surface area contributed by atoms with Crippen molar-refractivity contribution in [3.63, 3.8) is 0 Å². The molecular weight excluding hydrogens is 168 g/mol. The molecule has 0 saturated heterocycles. The fraction of sp³-hybridized carbons (Fsp3) is 0.143. The highest BCUT2D eigenvalue weighted by molar-refractivity contribution is 5.47. The lowest BCUT2D eigenvalue weighted by Gasteiger charge is -1.86. The van der Waals surface area contributed by atoms with E-state index in [1.807, 2.05) is 13.0 Å². The summed E-state index contributed by atoms with van der Waals surface area (Å²) in [7, 11) is 0. The Labute approximate surface area is 86.2 Å². The van der Waals surface area contributed by atoms with Crippen LogP contribution in [0.4, 0.5) is 0 Å². The van der Waals surface area contributed by atoms with Gasteiger partial charge in [0.25, 0.3) is 0 Å². The maximum absolute atomic E-state index is 2.10. The molecule has 0 N–H and O–H groups in total. The van der Waals surface area contributed by atoms with Crippen molar-refractivity contribution in [2.24, 2.45) is 0 Å². The van der Waals surface area contributed by atoms with Crippen molar-refractivity contribution >= 4 is 6.08 Å². The number of rotatable bonds is 1. The third-order valence-electron chi connectivity index (χ3n) is 1.88. The fourth-order valence-corrected chi connectivity index (χ4v) is 1.16. The molecule has 72 valence electrons. The second-order valence-electron chi connectivity index (χ2n) is 3.18. The van der Waals surface area contributed by atoms with Gasteiger partial charge in [-0.1, -0.05) is 66.2 Å². The van der Waals surface area contributed by atoms with Gasteiger partial charge in [-0.3, -0.25) is 0 Å². The Balaban J connectivity index is 3.16. The van der Waals surface area contributed by atoms with E-state index in [4.69, 9.17) is 0 Å². The van der Waals surface area contributed by atoms with Crippen LogP contribution in [0.3, 0.4) is 0 Å². The zero-order chi connectivity index (χ0) is 10.2. The van der Waals surface area contributed by atoms with Crippen LogP contribution in [-0.2, 0) is 0 Å². The summed E-state index contributed by atoms with van der Waals surface area (Å²) in [5.41, 5.74) is 2.47. The smallest absolute Gasteiger partial charge is 0.0260 e. The molecule has 0 aliphatic heterocycles. The molecule has 1 aromatic rings. The van der Waals surface area contributed by atoms with Gasteiger partial charge in [0, 0.05) is 0 Å². The predicted molar refractivity (Wildman–Crippen MR) is 63.5 cm³/mol. The first kappa shape index (κ1) is 10.5. The van der Waals surface area contributed by atoms with E-state index >= 15 is 0 Å². The fourth-order valence-electron chi connectivity index (χ4n) is 1.16. The van der Waals surface area contributed by atoms with Crippen LogP contribution in [0.1, 0.15) is 18.1 Å². The minimum Gasteiger partial charge on any atom is -0.0871 e. The van der Waals surface area contributed by atoms with Crippen molar-refractivity contribution in [3.05, 3.63) is 65.7 Å². The van der Waals surface area contributed by atoms with Gasteiger partial charge in [0.15, 0.2) is 0 Å². The minimum absolute atomic E-state index is 1.21. The largest absolute Gasteiger partial charge is 0.0871 e. The van der Waals surface area contributed by atoms with E-state index in [1.54, 1.807) is 0 Å². The molecule has 14 heavy (non-hydrogen) atoms. The Kier molecular flexibility index (Phi) is 4.49. The van der Waals surface area contributed by atoms with Crippen LogP contribution in [0.5, 0.6) is 0 Å². The first-order chi connectivity index (χ1) is 6.83. The van der Waals surface area contributed by atoms with Crippen LogP contribution >= 0.6 is 0 Å². The lowest BCUT2D eigenvalue weighted by Crippen LogP contribution is -1.65. The number of aryl methyl sites for hydroxylation is 1. The van der Waals surface area contributed by atoms with Gasteiger partial charge in [0.05, 0.1) is 0 Å². The van der Waals surface area contributed by atoms with Crippen LogP contribution in [-0.4, -0.2) is 0 Å². The summed E-state index contributed by atoms with van der Waals surface area (Å²) in [6.07, 6.45) is 4.13. The molecule has 0 saturated carbocycles. The van der Waals surface area contributed by atoms with Crippen molar-refractivity contribution < 1.29 is 0 Å². The molecule has 0 radical (unpaired) electrons. The highest BCUT2D eigenvalue weighted by Crippen LogP contribution is 1.98. The second kappa shape index (κ2) is 5.98. The quantitative estimate of drug-likeness (QED) is 0.615. The number of allylic oxidation sites excluding steroid dienone is 1. The van der Waals surface area contributed by atoms with Crippen molar-refractivity contribution in [1.29, 1.82) is 0 Å². The van der Waals surface area contributed by atoms with Crippen LogP contribution in [0.2, 0.25) is 0 Å². The van der Waals surface area contributed by atoms with Gasteiger partial charge in [-0.05, 0) is 19.4 Å². The zero-order valence-electron chi connectivity index (χ0n) is 8.77. The summed E-state index contributed by atoms with van der Waals surface area (Å²) in [6, 6.07) is 16.6. The first-order valence-corrected chi connectivity index (χ1v) is 4.85. The van der Waals surface area contributed by atoms with E-state index in [0.717, 1.165) is 0 Å². The molecule has 0 nitrogen and oxygen atoms in total. The highest BCUT2D eigenvalue weighted by atomic mass is 13.8. The van der Waals surface area contributed by atoms with Crippen molar-refractivity contribution in [3.8, 4) is 0 Å². The summed E-state index contributed by atoms with van der Waals surface area (Å²) in [5.74, 6) is 0. The van der Waals surface area contributed by atoms with E-state index in [1.165, 1.54) is 11.1 Å². The molecule has 0 bridgehead atoms. The topological polar surface area (TPSA) is 0 Å². The average molecular weight is 184 g/mol.